The Morgan fingerprint density at radius 1 is 1.24 bits per heavy atom. The minimum Gasteiger partial charge on any atom is -0.481 e. The second-order valence-corrected chi connectivity index (χ2v) is 7.38. The zero-order valence-electron chi connectivity index (χ0n) is 16.5. The van der Waals surface area contributed by atoms with Crippen molar-refractivity contribution in [2.24, 2.45) is 5.92 Å². The number of rotatable bonds is 8. The van der Waals surface area contributed by atoms with Gasteiger partial charge < -0.3 is 14.7 Å². The summed E-state index contributed by atoms with van der Waals surface area (Å²) in [5.74, 6) is -1.64. The smallest absolute Gasteiger partial charge is 0.303 e. The molecule has 0 spiro atoms. The van der Waals surface area contributed by atoms with Crippen LogP contribution in [0.5, 0.6) is 5.88 Å². The minimum atomic E-state index is -0.835. The second kappa shape index (κ2) is 9.67. The van der Waals surface area contributed by atoms with Crippen molar-refractivity contribution in [1.29, 1.82) is 0 Å². The van der Waals surface area contributed by atoms with Gasteiger partial charge in [-0.3, -0.25) is 4.79 Å². The molecule has 0 bridgehead atoms. The molecule has 2 aromatic rings. The summed E-state index contributed by atoms with van der Waals surface area (Å²) >= 11 is 0. The number of benzene rings is 1. The van der Waals surface area contributed by atoms with Crippen molar-refractivity contribution in [2.45, 2.75) is 39.0 Å². The molecule has 0 atom stereocenters. The molecule has 0 aliphatic carbocycles. The SMILES string of the molecule is CCCCOc1cccc(-c2cc(F)c(N3CCC(CC(=O)O)CC3)c(F)c2)n1. The van der Waals surface area contributed by atoms with Crippen LogP contribution in [0, 0.1) is 17.6 Å². The van der Waals surface area contributed by atoms with Gasteiger partial charge in [-0.15, -0.1) is 0 Å². The first-order valence-electron chi connectivity index (χ1n) is 10.0. The zero-order valence-corrected chi connectivity index (χ0v) is 16.5. The molecule has 1 N–H and O–H groups in total. The van der Waals surface area contributed by atoms with Crippen LogP contribution in [0.2, 0.25) is 0 Å². The van der Waals surface area contributed by atoms with E-state index in [4.69, 9.17) is 9.84 Å². The first-order chi connectivity index (χ1) is 14.0. The Balaban J connectivity index is 1.75. The first-order valence-corrected chi connectivity index (χ1v) is 10.0. The van der Waals surface area contributed by atoms with Gasteiger partial charge in [0.1, 0.15) is 17.3 Å². The van der Waals surface area contributed by atoms with E-state index >= 15 is 0 Å². The average molecular weight is 404 g/mol. The van der Waals surface area contributed by atoms with Crippen LogP contribution in [-0.2, 0) is 4.79 Å². The largest absolute Gasteiger partial charge is 0.481 e. The molecule has 156 valence electrons. The lowest BCUT2D eigenvalue weighted by atomic mass is 9.93. The molecule has 1 aliphatic rings. The predicted molar refractivity (Wildman–Crippen MR) is 107 cm³/mol. The molecule has 0 radical (unpaired) electrons. The number of halogens is 2. The van der Waals surface area contributed by atoms with Gasteiger partial charge in [0.15, 0.2) is 0 Å². The summed E-state index contributed by atoms with van der Waals surface area (Å²) in [5, 5.41) is 8.91. The molecule has 0 unspecified atom stereocenters. The van der Waals surface area contributed by atoms with Crippen molar-refractivity contribution in [2.75, 3.05) is 24.6 Å². The van der Waals surface area contributed by atoms with Crippen LogP contribution in [0.1, 0.15) is 39.0 Å². The summed E-state index contributed by atoms with van der Waals surface area (Å²) in [6, 6.07) is 7.75. The van der Waals surface area contributed by atoms with E-state index in [0.717, 1.165) is 12.8 Å². The summed E-state index contributed by atoms with van der Waals surface area (Å²) in [6.45, 7) is 3.48. The number of carboxylic acid groups (broad SMARTS) is 1. The molecular formula is C22H26F2N2O3. The average Bonchev–Trinajstić information content (AvgIpc) is 2.69. The van der Waals surface area contributed by atoms with Crippen molar-refractivity contribution in [3.63, 3.8) is 0 Å². The molecule has 5 nitrogen and oxygen atoms in total. The number of anilines is 1. The van der Waals surface area contributed by atoms with Crippen LogP contribution in [0.3, 0.4) is 0 Å². The van der Waals surface area contributed by atoms with Crippen molar-refractivity contribution in [3.8, 4) is 17.1 Å². The van der Waals surface area contributed by atoms with Gasteiger partial charge in [0.05, 0.1) is 12.3 Å². The van der Waals surface area contributed by atoms with E-state index in [1.54, 1.807) is 23.1 Å². The lowest BCUT2D eigenvalue weighted by molar-refractivity contribution is -0.138. The van der Waals surface area contributed by atoms with E-state index in [0.29, 0.717) is 49.7 Å². The third-order valence-corrected chi connectivity index (χ3v) is 5.18. The van der Waals surface area contributed by atoms with Crippen molar-refractivity contribution in [1.82, 2.24) is 4.98 Å². The Labute approximate surface area is 169 Å². The highest BCUT2D eigenvalue weighted by Gasteiger charge is 2.25. The highest BCUT2D eigenvalue weighted by molar-refractivity contribution is 5.67. The zero-order chi connectivity index (χ0) is 20.8. The number of aromatic nitrogens is 1. The number of hydrogen-bond acceptors (Lipinski definition) is 4. The highest BCUT2D eigenvalue weighted by atomic mass is 19.1. The third-order valence-electron chi connectivity index (χ3n) is 5.18. The van der Waals surface area contributed by atoms with Crippen molar-refractivity contribution in [3.05, 3.63) is 42.0 Å². The molecule has 2 heterocycles. The molecule has 1 saturated heterocycles. The maximum absolute atomic E-state index is 14.8. The van der Waals surface area contributed by atoms with Crippen LogP contribution in [0.4, 0.5) is 14.5 Å². The number of hydrogen-bond donors (Lipinski definition) is 1. The molecule has 1 aliphatic heterocycles. The normalized spacial score (nSPS) is 14.8. The van der Waals surface area contributed by atoms with Gasteiger partial charge in [0.25, 0.3) is 0 Å². The lowest BCUT2D eigenvalue weighted by Crippen LogP contribution is -2.35. The van der Waals surface area contributed by atoms with Gasteiger partial charge in [-0.05, 0) is 43.4 Å². The number of carboxylic acids is 1. The van der Waals surface area contributed by atoms with E-state index in [9.17, 15) is 13.6 Å². The topological polar surface area (TPSA) is 62.7 Å². The van der Waals surface area contributed by atoms with Gasteiger partial charge >= 0.3 is 5.97 Å². The molecule has 1 aromatic carbocycles. The maximum Gasteiger partial charge on any atom is 0.303 e. The fourth-order valence-corrected chi connectivity index (χ4v) is 3.60. The number of ether oxygens (including phenoxy) is 1. The van der Waals surface area contributed by atoms with Gasteiger partial charge in [-0.25, -0.2) is 13.8 Å². The van der Waals surface area contributed by atoms with Crippen LogP contribution in [0.25, 0.3) is 11.3 Å². The van der Waals surface area contributed by atoms with E-state index in [2.05, 4.69) is 11.9 Å². The Hall–Kier alpha value is -2.70. The molecule has 3 rings (SSSR count). The maximum atomic E-state index is 14.8. The van der Waals surface area contributed by atoms with Crippen molar-refractivity contribution >= 4 is 11.7 Å². The van der Waals surface area contributed by atoms with E-state index < -0.39 is 17.6 Å². The summed E-state index contributed by atoms with van der Waals surface area (Å²) in [7, 11) is 0. The first kappa shape index (κ1) is 21.0. The third kappa shape index (κ3) is 5.43. The monoisotopic (exact) mass is 404 g/mol. The second-order valence-electron chi connectivity index (χ2n) is 7.38. The van der Waals surface area contributed by atoms with Crippen LogP contribution in [-0.4, -0.2) is 35.8 Å². The summed E-state index contributed by atoms with van der Waals surface area (Å²) in [5.41, 5.74) is 0.742. The van der Waals surface area contributed by atoms with Crippen LogP contribution < -0.4 is 9.64 Å². The number of pyridine rings is 1. The molecule has 29 heavy (non-hydrogen) atoms. The fraction of sp³-hybridized carbons (Fsp3) is 0.455. The number of unbranched alkanes of at least 4 members (excludes halogenated alkanes) is 1. The molecule has 1 aromatic heterocycles. The molecule has 0 amide bonds. The van der Waals surface area contributed by atoms with Gasteiger partial charge in [-0.1, -0.05) is 19.4 Å². The van der Waals surface area contributed by atoms with Gasteiger partial charge in [0.2, 0.25) is 5.88 Å². The summed E-state index contributed by atoms with van der Waals surface area (Å²) < 4.78 is 35.2. The highest BCUT2D eigenvalue weighted by Crippen LogP contribution is 2.33. The Bertz CT molecular complexity index is 829. The quantitative estimate of drug-likeness (QED) is 0.634. The van der Waals surface area contributed by atoms with Gasteiger partial charge in [0, 0.05) is 31.1 Å². The molecule has 0 saturated carbocycles. The van der Waals surface area contributed by atoms with Crippen LogP contribution in [0.15, 0.2) is 30.3 Å². The number of piperidine rings is 1. The van der Waals surface area contributed by atoms with E-state index in [1.807, 2.05) is 0 Å². The lowest BCUT2D eigenvalue weighted by Gasteiger charge is -2.33. The van der Waals surface area contributed by atoms with E-state index in [-0.39, 0.29) is 18.0 Å². The summed E-state index contributed by atoms with van der Waals surface area (Å²) in [6.07, 6.45) is 3.22. The number of carbonyl (C=O) groups is 1. The number of nitrogens with zero attached hydrogens (tertiary/aromatic N) is 2. The van der Waals surface area contributed by atoms with Gasteiger partial charge in [-0.2, -0.15) is 0 Å². The Morgan fingerprint density at radius 3 is 2.55 bits per heavy atom. The fourth-order valence-electron chi connectivity index (χ4n) is 3.60. The molecular weight excluding hydrogens is 378 g/mol. The Morgan fingerprint density at radius 2 is 1.93 bits per heavy atom. The molecule has 7 heteroatoms. The summed E-state index contributed by atoms with van der Waals surface area (Å²) in [4.78, 5) is 16.9. The van der Waals surface area contributed by atoms with Crippen molar-refractivity contribution < 1.29 is 23.4 Å². The predicted octanol–water partition coefficient (Wildman–Crippen LogP) is 4.90. The van der Waals surface area contributed by atoms with E-state index in [1.165, 1.54) is 12.1 Å². The minimum absolute atomic E-state index is 0.0498. The molecule has 1 fully saturated rings. The number of aliphatic carboxylic acids is 1. The Kier molecular flexibility index (Phi) is 7.01. The van der Waals surface area contributed by atoms with Crippen LogP contribution >= 0.6 is 0 Å². The standard InChI is InChI=1S/C22H26F2N2O3/c1-2-3-11-29-20-6-4-5-19(25-20)16-13-17(23)22(18(24)14-16)26-9-7-15(8-10-26)12-21(27)28/h4-6,13-15H,2-3,7-12H2,1H3,(H,27,28).